The van der Waals surface area contributed by atoms with Gasteiger partial charge in [-0.2, -0.15) is 0 Å². The molecule has 0 saturated carbocycles. The summed E-state index contributed by atoms with van der Waals surface area (Å²) in [6.07, 6.45) is 0. The van der Waals surface area contributed by atoms with Crippen LogP contribution in [0.3, 0.4) is 0 Å². The van der Waals surface area contributed by atoms with E-state index in [1.54, 1.807) is 31.2 Å². The van der Waals surface area contributed by atoms with E-state index in [4.69, 9.17) is 20.3 Å². The van der Waals surface area contributed by atoms with Crippen molar-refractivity contribution in [3.05, 3.63) is 29.8 Å². The number of aliphatic carboxylic acids is 1. The van der Waals surface area contributed by atoms with Crippen LogP contribution in [0.4, 0.5) is 0 Å². The molecule has 18 heavy (non-hydrogen) atoms. The van der Waals surface area contributed by atoms with Crippen LogP contribution in [-0.2, 0) is 20.9 Å². The summed E-state index contributed by atoms with van der Waals surface area (Å²) in [5, 5.41) is 8.43. The van der Waals surface area contributed by atoms with Crippen LogP contribution in [-0.4, -0.2) is 29.7 Å². The summed E-state index contributed by atoms with van der Waals surface area (Å²) in [4.78, 5) is 21.4. The monoisotopic (exact) mass is 253 g/mol. The summed E-state index contributed by atoms with van der Waals surface area (Å²) in [5.74, 6) is -1.06. The molecular weight excluding hydrogens is 238 g/mol. The third kappa shape index (κ3) is 4.84. The van der Waals surface area contributed by atoms with Gasteiger partial charge in [0.2, 0.25) is 0 Å². The lowest BCUT2D eigenvalue weighted by molar-refractivity contribution is -0.146. The van der Waals surface area contributed by atoms with Gasteiger partial charge in [-0.1, -0.05) is 12.1 Å². The van der Waals surface area contributed by atoms with E-state index in [9.17, 15) is 9.59 Å². The topological polar surface area (TPSA) is 98.9 Å². The maximum Gasteiger partial charge on any atom is 0.341 e. The fourth-order valence-electron chi connectivity index (χ4n) is 1.11. The highest BCUT2D eigenvalue weighted by Gasteiger charge is 2.08. The van der Waals surface area contributed by atoms with Gasteiger partial charge in [-0.3, -0.25) is 4.79 Å². The van der Waals surface area contributed by atoms with E-state index in [0.717, 1.165) is 5.56 Å². The second-order valence-electron chi connectivity index (χ2n) is 3.72. The fraction of sp³-hybridized carbons (Fsp3) is 0.333. The number of nitrogens with two attached hydrogens (primary N) is 1. The van der Waals surface area contributed by atoms with Gasteiger partial charge in [-0.05, 0) is 24.6 Å². The average molecular weight is 253 g/mol. The number of benzene rings is 1. The first-order valence-corrected chi connectivity index (χ1v) is 5.35. The number of hydrogen-bond donors (Lipinski definition) is 2. The highest BCUT2D eigenvalue weighted by Crippen LogP contribution is 2.12. The van der Waals surface area contributed by atoms with Crippen LogP contribution in [0.5, 0.6) is 5.75 Å². The Labute approximate surface area is 104 Å². The number of hydrogen-bond acceptors (Lipinski definition) is 5. The van der Waals surface area contributed by atoms with Crippen LogP contribution in [0.15, 0.2) is 24.3 Å². The highest BCUT2D eigenvalue weighted by molar-refractivity contribution is 5.74. The molecule has 1 aromatic carbocycles. The van der Waals surface area contributed by atoms with Gasteiger partial charge < -0.3 is 20.3 Å². The molecule has 98 valence electrons. The van der Waals surface area contributed by atoms with E-state index in [2.05, 4.69) is 0 Å². The molecule has 0 spiro atoms. The molecule has 0 radical (unpaired) electrons. The Kier molecular flexibility index (Phi) is 5.13. The molecule has 0 amide bonds. The molecule has 3 N–H and O–H groups in total. The zero-order valence-electron chi connectivity index (χ0n) is 9.96. The summed E-state index contributed by atoms with van der Waals surface area (Å²) < 4.78 is 9.89. The number of esters is 1. The van der Waals surface area contributed by atoms with Crippen molar-refractivity contribution < 1.29 is 24.2 Å². The van der Waals surface area contributed by atoms with Gasteiger partial charge >= 0.3 is 11.9 Å². The number of carboxylic acid groups (broad SMARTS) is 1. The van der Waals surface area contributed by atoms with E-state index in [0.29, 0.717) is 5.75 Å². The van der Waals surface area contributed by atoms with Crippen molar-refractivity contribution >= 4 is 11.9 Å². The van der Waals surface area contributed by atoms with Gasteiger partial charge in [-0.15, -0.1) is 0 Å². The Morgan fingerprint density at radius 1 is 1.33 bits per heavy atom. The first-order chi connectivity index (χ1) is 8.49. The molecule has 0 heterocycles. The molecule has 0 saturated heterocycles. The van der Waals surface area contributed by atoms with Crippen LogP contribution < -0.4 is 10.5 Å². The van der Waals surface area contributed by atoms with Crippen LogP contribution in [0.1, 0.15) is 12.5 Å². The maximum atomic E-state index is 11.1. The standard InChI is InChI=1S/C12H15NO5/c1-8(13)12(16)18-6-9-2-4-10(5-3-9)17-7-11(14)15/h2-5,8H,6-7,13H2,1H3,(H,14,15)/t8-/m0/s1. The Morgan fingerprint density at radius 2 is 1.94 bits per heavy atom. The van der Waals surface area contributed by atoms with E-state index in [1.165, 1.54) is 0 Å². The lowest BCUT2D eigenvalue weighted by Crippen LogP contribution is -2.28. The van der Waals surface area contributed by atoms with Crippen molar-refractivity contribution in [2.45, 2.75) is 19.6 Å². The minimum Gasteiger partial charge on any atom is -0.482 e. The number of carbonyl (C=O) groups is 2. The summed E-state index contributed by atoms with van der Waals surface area (Å²) in [6.45, 7) is 1.28. The van der Waals surface area contributed by atoms with Crippen molar-refractivity contribution in [1.29, 1.82) is 0 Å². The number of ether oxygens (including phenoxy) is 2. The molecule has 0 aliphatic carbocycles. The fourth-order valence-corrected chi connectivity index (χ4v) is 1.11. The minimum absolute atomic E-state index is 0.125. The van der Waals surface area contributed by atoms with Crippen molar-refractivity contribution in [2.75, 3.05) is 6.61 Å². The Balaban J connectivity index is 2.45. The molecule has 1 aromatic rings. The zero-order valence-corrected chi connectivity index (χ0v) is 9.96. The summed E-state index contributed by atoms with van der Waals surface area (Å²) in [7, 11) is 0. The van der Waals surface area contributed by atoms with Gasteiger partial charge in [0.15, 0.2) is 6.61 Å². The second kappa shape index (κ2) is 6.61. The second-order valence-corrected chi connectivity index (χ2v) is 3.72. The summed E-state index contributed by atoms with van der Waals surface area (Å²) >= 11 is 0. The smallest absolute Gasteiger partial charge is 0.341 e. The van der Waals surface area contributed by atoms with Crippen LogP contribution in [0.2, 0.25) is 0 Å². The van der Waals surface area contributed by atoms with E-state index >= 15 is 0 Å². The zero-order chi connectivity index (χ0) is 13.5. The quantitative estimate of drug-likeness (QED) is 0.718. The molecule has 1 atom stereocenters. The molecule has 0 fully saturated rings. The van der Waals surface area contributed by atoms with Crippen LogP contribution in [0.25, 0.3) is 0 Å². The molecule has 0 aromatic heterocycles. The third-order valence-corrected chi connectivity index (χ3v) is 2.04. The molecule has 0 unspecified atom stereocenters. The van der Waals surface area contributed by atoms with Crippen molar-refractivity contribution in [1.82, 2.24) is 0 Å². The van der Waals surface area contributed by atoms with Crippen molar-refractivity contribution in [3.8, 4) is 5.75 Å². The SMILES string of the molecule is C[C@H](N)C(=O)OCc1ccc(OCC(=O)O)cc1. The van der Waals surface area contributed by atoms with Gasteiger partial charge in [0, 0.05) is 0 Å². The Bertz CT molecular complexity index is 413. The lowest BCUT2D eigenvalue weighted by atomic mass is 10.2. The Hall–Kier alpha value is -2.08. The van der Waals surface area contributed by atoms with Crippen LogP contribution in [0, 0.1) is 0 Å². The predicted molar refractivity (Wildman–Crippen MR) is 63.0 cm³/mol. The predicted octanol–water partition coefficient (Wildman–Crippen LogP) is 0.540. The summed E-state index contributed by atoms with van der Waals surface area (Å²) in [6, 6.07) is 5.94. The van der Waals surface area contributed by atoms with Gasteiger partial charge in [0.1, 0.15) is 18.4 Å². The van der Waals surface area contributed by atoms with Gasteiger partial charge in [-0.25, -0.2) is 4.79 Å². The first kappa shape index (κ1) is 14.0. The van der Waals surface area contributed by atoms with Crippen molar-refractivity contribution in [2.24, 2.45) is 5.73 Å². The molecule has 0 bridgehead atoms. The largest absolute Gasteiger partial charge is 0.482 e. The maximum absolute atomic E-state index is 11.1. The average Bonchev–Trinajstić information content (AvgIpc) is 2.34. The van der Waals surface area contributed by atoms with E-state index < -0.39 is 18.0 Å². The normalized spacial score (nSPS) is 11.7. The van der Waals surface area contributed by atoms with E-state index in [1.807, 2.05) is 0 Å². The molecule has 0 aliphatic heterocycles. The Morgan fingerprint density at radius 3 is 2.44 bits per heavy atom. The number of carboxylic acids is 1. The van der Waals surface area contributed by atoms with E-state index in [-0.39, 0.29) is 13.2 Å². The lowest BCUT2D eigenvalue weighted by Gasteiger charge is -2.08. The van der Waals surface area contributed by atoms with Crippen molar-refractivity contribution in [3.63, 3.8) is 0 Å². The molecule has 6 heteroatoms. The summed E-state index contributed by atoms with van der Waals surface area (Å²) in [5.41, 5.74) is 6.11. The minimum atomic E-state index is -1.04. The van der Waals surface area contributed by atoms with Gasteiger partial charge in [0.25, 0.3) is 0 Å². The van der Waals surface area contributed by atoms with Gasteiger partial charge in [0.05, 0.1) is 0 Å². The first-order valence-electron chi connectivity index (χ1n) is 5.35. The number of carbonyl (C=O) groups excluding carboxylic acids is 1. The highest BCUT2D eigenvalue weighted by atomic mass is 16.5. The molecule has 0 aliphatic rings. The van der Waals surface area contributed by atoms with Crippen LogP contribution >= 0.6 is 0 Å². The third-order valence-electron chi connectivity index (χ3n) is 2.04. The molecule has 1 rings (SSSR count). The molecular formula is C12H15NO5. The number of rotatable bonds is 6. The molecule has 6 nitrogen and oxygen atoms in total.